The summed E-state index contributed by atoms with van der Waals surface area (Å²) in [4.78, 5) is 49.7. The number of imide groups is 1. The van der Waals surface area contributed by atoms with Crippen molar-refractivity contribution >= 4 is 58.0 Å². The van der Waals surface area contributed by atoms with E-state index in [4.69, 9.17) is 4.42 Å². The Labute approximate surface area is 202 Å². The van der Waals surface area contributed by atoms with Gasteiger partial charge in [-0.3, -0.25) is 29.4 Å². The van der Waals surface area contributed by atoms with E-state index in [9.17, 15) is 24.5 Å². The second-order valence-electron chi connectivity index (χ2n) is 7.05. The number of rotatable bonds is 7. The zero-order valence-electron chi connectivity index (χ0n) is 17.7. The van der Waals surface area contributed by atoms with Crippen LogP contribution in [-0.4, -0.2) is 39.7 Å². The van der Waals surface area contributed by atoms with Gasteiger partial charge in [-0.15, -0.1) is 11.8 Å². The number of hydrogen-bond acceptors (Lipinski definition) is 8. The molecule has 4 rings (SSSR count). The van der Waals surface area contributed by atoms with Crippen molar-refractivity contribution in [2.75, 3.05) is 18.1 Å². The molecular formula is C23H17N3O6S2. The zero-order valence-corrected chi connectivity index (χ0v) is 19.4. The van der Waals surface area contributed by atoms with E-state index in [2.05, 4.69) is 5.32 Å². The average molecular weight is 496 g/mol. The Kier molecular flexibility index (Phi) is 6.85. The molecule has 1 aliphatic heterocycles. The number of benzene rings is 2. The third kappa shape index (κ3) is 5.21. The van der Waals surface area contributed by atoms with E-state index in [1.165, 1.54) is 30.0 Å². The lowest BCUT2D eigenvalue weighted by Gasteiger charge is -2.12. The first kappa shape index (κ1) is 23.3. The highest BCUT2D eigenvalue weighted by Crippen LogP contribution is 2.33. The van der Waals surface area contributed by atoms with Crippen LogP contribution in [0.4, 0.5) is 16.2 Å². The van der Waals surface area contributed by atoms with Crippen molar-refractivity contribution in [3.05, 3.63) is 81.4 Å². The topological polar surface area (TPSA) is 123 Å². The minimum atomic E-state index is -0.587. The highest BCUT2D eigenvalue weighted by Gasteiger charge is 2.36. The smallest absolute Gasteiger partial charge is 0.294 e. The number of nitrogens with zero attached hydrogens (tertiary/aromatic N) is 2. The Morgan fingerprint density at radius 1 is 1.18 bits per heavy atom. The van der Waals surface area contributed by atoms with Crippen LogP contribution in [0.1, 0.15) is 5.76 Å². The fourth-order valence-corrected chi connectivity index (χ4v) is 4.42. The van der Waals surface area contributed by atoms with Gasteiger partial charge in [-0.25, -0.2) is 0 Å². The van der Waals surface area contributed by atoms with Crippen molar-refractivity contribution in [1.82, 2.24) is 4.90 Å². The minimum Gasteiger partial charge on any atom is -0.457 e. The maximum Gasteiger partial charge on any atom is 0.294 e. The van der Waals surface area contributed by atoms with Crippen LogP contribution >= 0.6 is 23.5 Å². The number of nitro benzene ring substituents is 1. The van der Waals surface area contributed by atoms with Gasteiger partial charge in [0.15, 0.2) is 0 Å². The number of hydrogen-bond donors (Lipinski definition) is 1. The summed E-state index contributed by atoms with van der Waals surface area (Å²) in [5.74, 6) is -0.291. The van der Waals surface area contributed by atoms with Gasteiger partial charge in [-0.05, 0) is 60.5 Å². The molecular weight excluding hydrogens is 478 g/mol. The summed E-state index contributed by atoms with van der Waals surface area (Å²) in [6.07, 6.45) is 3.35. The van der Waals surface area contributed by atoms with E-state index >= 15 is 0 Å². The Hall–Kier alpha value is -3.83. The molecule has 0 aliphatic carbocycles. The predicted molar refractivity (Wildman–Crippen MR) is 130 cm³/mol. The Morgan fingerprint density at radius 3 is 2.65 bits per heavy atom. The van der Waals surface area contributed by atoms with E-state index in [-0.39, 0.29) is 10.6 Å². The molecule has 0 unspecified atom stereocenters. The van der Waals surface area contributed by atoms with Crippen molar-refractivity contribution in [3.8, 4) is 11.3 Å². The monoisotopic (exact) mass is 495 g/mol. The molecule has 172 valence electrons. The molecule has 0 radical (unpaired) electrons. The third-order valence-corrected chi connectivity index (χ3v) is 6.42. The molecule has 2 aromatic carbocycles. The van der Waals surface area contributed by atoms with Crippen molar-refractivity contribution in [2.45, 2.75) is 4.90 Å². The first-order chi connectivity index (χ1) is 16.3. The van der Waals surface area contributed by atoms with E-state index in [0.717, 1.165) is 21.6 Å². The van der Waals surface area contributed by atoms with Crippen LogP contribution in [-0.2, 0) is 9.59 Å². The number of anilines is 1. The summed E-state index contributed by atoms with van der Waals surface area (Å²) in [6, 6.07) is 16.4. The summed E-state index contributed by atoms with van der Waals surface area (Å²) in [5.41, 5.74) is 1.17. The van der Waals surface area contributed by atoms with Crippen molar-refractivity contribution in [3.63, 3.8) is 0 Å². The lowest BCUT2D eigenvalue weighted by atomic mass is 10.1. The van der Waals surface area contributed by atoms with Gasteiger partial charge in [0, 0.05) is 34.4 Å². The number of carbonyl (C=O) groups excluding carboxylic acids is 3. The van der Waals surface area contributed by atoms with E-state index < -0.39 is 28.5 Å². The molecule has 3 aromatic rings. The standard InChI is InChI=1S/C23H17N3O6S2/c1-33-18-4-2-3-15(11-18)24-21(27)13-25-22(28)20(34-23(25)29)12-17-9-10-19(32-17)14-5-7-16(8-6-14)26(30)31/h2-12H,13H2,1H3,(H,24,27)/b20-12+. The molecule has 1 aliphatic rings. The second kappa shape index (κ2) is 9.98. The van der Waals surface area contributed by atoms with Crippen LogP contribution in [0.5, 0.6) is 0 Å². The largest absolute Gasteiger partial charge is 0.457 e. The highest BCUT2D eigenvalue weighted by atomic mass is 32.2. The van der Waals surface area contributed by atoms with Crippen LogP contribution in [0, 0.1) is 10.1 Å². The number of carbonyl (C=O) groups is 3. The lowest BCUT2D eigenvalue weighted by molar-refractivity contribution is -0.384. The van der Waals surface area contributed by atoms with Crippen molar-refractivity contribution in [1.29, 1.82) is 0 Å². The lowest BCUT2D eigenvalue weighted by Crippen LogP contribution is -2.36. The van der Waals surface area contributed by atoms with Crippen molar-refractivity contribution in [2.24, 2.45) is 0 Å². The fraction of sp³-hybridized carbons (Fsp3) is 0.0870. The number of nitro groups is 1. The molecule has 0 spiro atoms. The molecule has 1 saturated heterocycles. The van der Waals surface area contributed by atoms with Gasteiger partial charge in [0.25, 0.3) is 16.8 Å². The second-order valence-corrected chi connectivity index (χ2v) is 8.93. The Morgan fingerprint density at radius 2 is 1.94 bits per heavy atom. The third-order valence-electron chi connectivity index (χ3n) is 4.79. The van der Waals surface area contributed by atoms with Crippen LogP contribution < -0.4 is 5.32 Å². The van der Waals surface area contributed by atoms with Gasteiger partial charge in [-0.2, -0.15) is 0 Å². The number of thioether (sulfide) groups is 2. The van der Waals surface area contributed by atoms with Gasteiger partial charge in [0.05, 0.1) is 9.83 Å². The summed E-state index contributed by atoms with van der Waals surface area (Å²) >= 11 is 2.25. The van der Waals surface area contributed by atoms with E-state index in [1.54, 1.807) is 42.5 Å². The van der Waals surface area contributed by atoms with Crippen LogP contribution in [0.15, 0.2) is 74.9 Å². The summed E-state index contributed by atoms with van der Waals surface area (Å²) in [6.45, 7) is -0.405. The van der Waals surface area contributed by atoms with Gasteiger partial charge in [0.1, 0.15) is 18.1 Å². The molecule has 1 N–H and O–H groups in total. The Balaban J connectivity index is 1.43. The van der Waals surface area contributed by atoms with Gasteiger partial charge in [-0.1, -0.05) is 6.07 Å². The normalized spacial score (nSPS) is 14.6. The zero-order chi connectivity index (χ0) is 24.2. The quantitative estimate of drug-likeness (QED) is 0.204. The van der Waals surface area contributed by atoms with Gasteiger partial charge < -0.3 is 9.73 Å². The minimum absolute atomic E-state index is 0.0369. The molecule has 0 atom stereocenters. The van der Waals surface area contributed by atoms with Gasteiger partial charge >= 0.3 is 0 Å². The van der Waals surface area contributed by atoms with Crippen molar-refractivity contribution < 1.29 is 23.7 Å². The molecule has 0 bridgehead atoms. The number of nitrogens with one attached hydrogen (secondary N) is 1. The van der Waals surface area contributed by atoms with E-state index in [1.807, 2.05) is 12.3 Å². The Bertz CT molecular complexity index is 1320. The fourth-order valence-electron chi connectivity index (χ4n) is 3.14. The molecule has 1 fully saturated rings. The molecule has 0 saturated carbocycles. The maximum atomic E-state index is 12.7. The van der Waals surface area contributed by atoms with Crippen LogP contribution in [0.3, 0.4) is 0 Å². The first-order valence-corrected chi connectivity index (χ1v) is 11.9. The number of non-ortho nitro benzene ring substituents is 1. The molecule has 11 heteroatoms. The van der Waals surface area contributed by atoms with Crippen LogP contribution in [0.2, 0.25) is 0 Å². The molecule has 34 heavy (non-hydrogen) atoms. The molecule has 3 amide bonds. The molecule has 2 heterocycles. The van der Waals surface area contributed by atoms with E-state index in [0.29, 0.717) is 22.8 Å². The predicted octanol–water partition coefficient (Wildman–Crippen LogP) is 5.25. The molecule has 9 nitrogen and oxygen atoms in total. The summed E-state index contributed by atoms with van der Waals surface area (Å²) in [7, 11) is 0. The van der Waals surface area contributed by atoms with Gasteiger partial charge in [0.2, 0.25) is 5.91 Å². The average Bonchev–Trinajstić information content (AvgIpc) is 3.39. The maximum absolute atomic E-state index is 12.7. The van der Waals surface area contributed by atoms with Crippen LogP contribution in [0.25, 0.3) is 17.4 Å². The number of furan rings is 1. The molecule has 1 aromatic heterocycles. The summed E-state index contributed by atoms with van der Waals surface area (Å²) < 4.78 is 5.71. The first-order valence-electron chi connectivity index (χ1n) is 9.88. The summed E-state index contributed by atoms with van der Waals surface area (Å²) in [5, 5.41) is 12.9. The highest BCUT2D eigenvalue weighted by molar-refractivity contribution is 8.18. The number of amides is 3. The SMILES string of the molecule is CSc1cccc(NC(=O)CN2C(=O)S/C(=C/c3ccc(-c4ccc([N+](=O)[O-])cc4)o3)C2=O)c1.